The molecule has 0 unspecified atom stereocenters. The van der Waals surface area contributed by atoms with Gasteiger partial charge in [0.1, 0.15) is 0 Å². The Kier molecular flexibility index (Phi) is 3.81. The molecular formula is C19H14N4O3. The van der Waals surface area contributed by atoms with Crippen LogP contribution in [0.15, 0.2) is 64.3 Å². The maximum absolute atomic E-state index is 12.6. The van der Waals surface area contributed by atoms with Gasteiger partial charge in [-0.25, -0.2) is 5.10 Å². The van der Waals surface area contributed by atoms with E-state index in [0.29, 0.717) is 16.2 Å². The molecule has 0 spiro atoms. The predicted octanol–water partition coefficient (Wildman–Crippen LogP) is 1.69. The van der Waals surface area contributed by atoms with Crippen LogP contribution in [-0.4, -0.2) is 21.1 Å². The number of hydrogen-bond donors (Lipinski definition) is 3. The quantitative estimate of drug-likeness (QED) is 0.525. The van der Waals surface area contributed by atoms with Crippen molar-refractivity contribution >= 4 is 27.5 Å². The molecule has 0 aliphatic rings. The van der Waals surface area contributed by atoms with Gasteiger partial charge in [-0.1, -0.05) is 36.4 Å². The summed E-state index contributed by atoms with van der Waals surface area (Å²) in [5, 5.41) is 11.3. The molecule has 4 aromatic rings. The number of H-pyrrole nitrogens is 2. The summed E-state index contributed by atoms with van der Waals surface area (Å²) in [6.45, 7) is 0.214. The van der Waals surface area contributed by atoms with Crippen LogP contribution >= 0.6 is 0 Å². The largest absolute Gasteiger partial charge is 0.346 e. The van der Waals surface area contributed by atoms with Gasteiger partial charge in [0.05, 0.1) is 5.39 Å². The van der Waals surface area contributed by atoms with Crippen LogP contribution in [-0.2, 0) is 6.54 Å². The van der Waals surface area contributed by atoms with Crippen molar-refractivity contribution in [3.8, 4) is 0 Å². The summed E-state index contributed by atoms with van der Waals surface area (Å²) >= 11 is 0. The maximum Gasteiger partial charge on any atom is 0.272 e. The molecule has 0 saturated carbocycles. The van der Waals surface area contributed by atoms with Gasteiger partial charge in [-0.15, -0.1) is 0 Å². The van der Waals surface area contributed by atoms with Gasteiger partial charge < -0.3 is 10.3 Å². The normalized spacial score (nSPS) is 10.9. The number of aromatic nitrogens is 3. The summed E-state index contributed by atoms with van der Waals surface area (Å²) in [6.07, 6.45) is 1.59. The number of benzene rings is 2. The van der Waals surface area contributed by atoms with Gasteiger partial charge in [-0.05, 0) is 23.1 Å². The number of pyridine rings is 1. The number of carbonyl (C=O) groups is 1. The fraction of sp³-hybridized carbons (Fsp3) is 0.0526. The van der Waals surface area contributed by atoms with Crippen molar-refractivity contribution in [2.24, 2.45) is 0 Å². The molecule has 0 radical (unpaired) electrons. The fourth-order valence-corrected chi connectivity index (χ4v) is 2.96. The van der Waals surface area contributed by atoms with Gasteiger partial charge in [-0.3, -0.25) is 14.4 Å². The minimum Gasteiger partial charge on any atom is -0.346 e. The van der Waals surface area contributed by atoms with Gasteiger partial charge in [0, 0.05) is 23.5 Å². The molecule has 0 aliphatic heterocycles. The summed E-state index contributed by atoms with van der Waals surface area (Å²) in [6, 6.07) is 14.0. The summed E-state index contributed by atoms with van der Waals surface area (Å²) < 4.78 is 0. The fourth-order valence-electron chi connectivity index (χ4n) is 2.96. The van der Waals surface area contributed by atoms with E-state index in [1.165, 1.54) is 0 Å². The van der Waals surface area contributed by atoms with E-state index < -0.39 is 5.91 Å². The Balaban J connectivity index is 1.67. The molecule has 2 aromatic heterocycles. The van der Waals surface area contributed by atoms with E-state index in [0.717, 1.165) is 10.9 Å². The summed E-state index contributed by atoms with van der Waals surface area (Å²) in [5.41, 5.74) is 0.406. The van der Waals surface area contributed by atoms with Crippen LogP contribution in [0.4, 0.5) is 0 Å². The van der Waals surface area contributed by atoms with Gasteiger partial charge in [-0.2, -0.15) is 5.10 Å². The average Bonchev–Trinajstić information content (AvgIpc) is 2.68. The standard InChI is InChI=1S/C19H14N4O3/c24-17-14-7-3-1-5-12(14)11(9-20-17)10-21-19(26)16-13-6-2-4-8-15(13)18(25)23-22-16/h1-9H,10H2,(H,20,24)(H,21,26)(H,23,25). The Labute approximate surface area is 146 Å². The first-order valence-corrected chi connectivity index (χ1v) is 8.00. The highest BCUT2D eigenvalue weighted by molar-refractivity contribution is 6.04. The lowest BCUT2D eigenvalue weighted by Crippen LogP contribution is -2.26. The highest BCUT2D eigenvalue weighted by Gasteiger charge is 2.14. The van der Waals surface area contributed by atoms with Gasteiger partial charge in [0.25, 0.3) is 17.0 Å². The Morgan fingerprint density at radius 3 is 2.23 bits per heavy atom. The third kappa shape index (κ3) is 2.65. The van der Waals surface area contributed by atoms with Gasteiger partial charge >= 0.3 is 0 Å². The predicted molar refractivity (Wildman–Crippen MR) is 98.1 cm³/mol. The molecule has 7 nitrogen and oxygen atoms in total. The SMILES string of the molecule is O=C(NCc1c[nH]c(=O)c2ccccc12)c1n[nH]c(=O)c2ccccc12. The summed E-state index contributed by atoms with van der Waals surface area (Å²) in [7, 11) is 0. The Morgan fingerprint density at radius 2 is 1.50 bits per heavy atom. The number of hydrogen-bond acceptors (Lipinski definition) is 4. The lowest BCUT2D eigenvalue weighted by Gasteiger charge is -2.09. The van der Waals surface area contributed by atoms with Crippen molar-refractivity contribution in [3.63, 3.8) is 0 Å². The lowest BCUT2D eigenvalue weighted by atomic mass is 10.1. The second kappa shape index (κ2) is 6.29. The second-order valence-corrected chi connectivity index (χ2v) is 5.82. The van der Waals surface area contributed by atoms with Crippen molar-refractivity contribution < 1.29 is 4.79 Å². The van der Waals surface area contributed by atoms with Crippen LogP contribution < -0.4 is 16.4 Å². The van der Waals surface area contributed by atoms with E-state index in [1.807, 2.05) is 12.1 Å². The monoisotopic (exact) mass is 346 g/mol. The van der Waals surface area contributed by atoms with E-state index >= 15 is 0 Å². The van der Waals surface area contributed by atoms with Crippen molar-refractivity contribution in [2.75, 3.05) is 0 Å². The van der Waals surface area contributed by atoms with Crippen LogP contribution in [0, 0.1) is 0 Å². The molecule has 0 saturated heterocycles. The third-order valence-electron chi connectivity index (χ3n) is 4.25. The number of fused-ring (bicyclic) bond motifs is 2. The molecule has 7 heteroatoms. The van der Waals surface area contributed by atoms with Crippen molar-refractivity contribution in [3.05, 3.63) is 86.7 Å². The van der Waals surface area contributed by atoms with Crippen LogP contribution in [0.2, 0.25) is 0 Å². The molecule has 1 amide bonds. The van der Waals surface area contributed by atoms with Crippen molar-refractivity contribution in [2.45, 2.75) is 6.54 Å². The first-order chi connectivity index (χ1) is 12.6. The molecule has 26 heavy (non-hydrogen) atoms. The number of aromatic amines is 2. The minimum absolute atomic E-state index is 0.147. The van der Waals surface area contributed by atoms with E-state index in [2.05, 4.69) is 20.5 Å². The molecule has 2 heterocycles. The van der Waals surface area contributed by atoms with Crippen LogP contribution in [0.1, 0.15) is 16.1 Å². The van der Waals surface area contributed by atoms with E-state index in [9.17, 15) is 14.4 Å². The average molecular weight is 346 g/mol. The highest BCUT2D eigenvalue weighted by atomic mass is 16.2. The van der Waals surface area contributed by atoms with Crippen LogP contribution in [0.3, 0.4) is 0 Å². The van der Waals surface area contributed by atoms with Crippen LogP contribution in [0.5, 0.6) is 0 Å². The molecule has 2 aromatic carbocycles. The summed E-state index contributed by atoms with van der Waals surface area (Å²) in [5.74, 6) is -0.410. The Morgan fingerprint density at radius 1 is 0.885 bits per heavy atom. The molecule has 0 fully saturated rings. The van der Waals surface area contributed by atoms with Gasteiger partial charge in [0.15, 0.2) is 5.69 Å². The molecule has 3 N–H and O–H groups in total. The first-order valence-electron chi connectivity index (χ1n) is 8.00. The van der Waals surface area contributed by atoms with E-state index in [4.69, 9.17) is 0 Å². The molecular weight excluding hydrogens is 332 g/mol. The zero-order chi connectivity index (χ0) is 18.1. The molecule has 4 rings (SSSR count). The number of amides is 1. The first kappa shape index (κ1) is 15.8. The van der Waals surface area contributed by atoms with Crippen molar-refractivity contribution in [1.29, 1.82) is 0 Å². The molecule has 0 aliphatic carbocycles. The molecule has 0 bridgehead atoms. The Bertz CT molecular complexity index is 1260. The smallest absolute Gasteiger partial charge is 0.272 e. The van der Waals surface area contributed by atoms with E-state index in [1.54, 1.807) is 42.6 Å². The second-order valence-electron chi connectivity index (χ2n) is 5.82. The topological polar surface area (TPSA) is 108 Å². The Hall–Kier alpha value is -3.74. The zero-order valence-electron chi connectivity index (χ0n) is 13.6. The van der Waals surface area contributed by atoms with Crippen LogP contribution in [0.25, 0.3) is 21.5 Å². The number of nitrogens with zero attached hydrogens (tertiary/aromatic N) is 1. The number of nitrogens with one attached hydrogen (secondary N) is 3. The third-order valence-corrected chi connectivity index (χ3v) is 4.25. The van der Waals surface area contributed by atoms with E-state index in [-0.39, 0.29) is 23.4 Å². The lowest BCUT2D eigenvalue weighted by molar-refractivity contribution is 0.0947. The van der Waals surface area contributed by atoms with Gasteiger partial charge in [0.2, 0.25) is 0 Å². The molecule has 0 atom stereocenters. The maximum atomic E-state index is 12.6. The number of rotatable bonds is 3. The molecule has 128 valence electrons. The summed E-state index contributed by atoms with van der Waals surface area (Å²) in [4.78, 5) is 39.0. The highest BCUT2D eigenvalue weighted by Crippen LogP contribution is 2.15. The zero-order valence-corrected chi connectivity index (χ0v) is 13.6. The van der Waals surface area contributed by atoms with Crippen molar-refractivity contribution in [1.82, 2.24) is 20.5 Å². The number of carbonyl (C=O) groups excluding carboxylic acids is 1. The minimum atomic E-state index is -0.410.